The molecule has 1 atom stereocenters. The molecule has 0 aliphatic carbocycles. The van der Waals surface area contributed by atoms with Crippen molar-refractivity contribution in [2.24, 2.45) is 10.7 Å². The van der Waals surface area contributed by atoms with Gasteiger partial charge in [-0.05, 0) is 26.0 Å². The maximum absolute atomic E-state index is 5.62. The number of aliphatic imine (C=N–C) groups is 1. The lowest BCUT2D eigenvalue weighted by Crippen LogP contribution is -2.39. The van der Waals surface area contributed by atoms with Crippen LogP contribution in [0.4, 0.5) is 0 Å². The molecule has 0 radical (unpaired) electrons. The average Bonchev–Trinajstić information content (AvgIpc) is 2.56. The number of furan rings is 1. The standard InChI is InChI=1S/C10H17N3O/c1-3-12-10(11)13-8(2)7-9-5-4-6-14-9/h4-6,8H,3,7H2,1-2H3,(H3,11,12,13). The highest BCUT2D eigenvalue weighted by Crippen LogP contribution is 2.03. The van der Waals surface area contributed by atoms with E-state index < -0.39 is 0 Å². The Kier molecular flexibility index (Phi) is 4.04. The van der Waals surface area contributed by atoms with Gasteiger partial charge in [0, 0.05) is 19.0 Å². The van der Waals surface area contributed by atoms with E-state index in [0.717, 1.165) is 12.2 Å². The second-order valence-corrected chi connectivity index (χ2v) is 3.19. The topological polar surface area (TPSA) is 63.5 Å². The third kappa shape index (κ3) is 3.51. The van der Waals surface area contributed by atoms with Crippen molar-refractivity contribution < 1.29 is 4.42 Å². The lowest BCUT2D eigenvalue weighted by Gasteiger charge is -2.12. The molecule has 4 heteroatoms. The van der Waals surface area contributed by atoms with Crippen LogP contribution >= 0.6 is 0 Å². The molecule has 0 fully saturated rings. The maximum Gasteiger partial charge on any atom is 0.188 e. The van der Waals surface area contributed by atoms with Gasteiger partial charge in [-0.2, -0.15) is 0 Å². The van der Waals surface area contributed by atoms with Crippen LogP contribution in [0.15, 0.2) is 27.8 Å². The Labute approximate surface area is 84.2 Å². The van der Waals surface area contributed by atoms with E-state index in [9.17, 15) is 0 Å². The van der Waals surface area contributed by atoms with E-state index in [2.05, 4.69) is 10.3 Å². The summed E-state index contributed by atoms with van der Waals surface area (Å²) in [5.74, 6) is 1.45. The van der Waals surface area contributed by atoms with E-state index in [1.165, 1.54) is 0 Å². The Morgan fingerprint density at radius 2 is 2.50 bits per heavy atom. The molecule has 1 heterocycles. The molecule has 0 amide bonds. The number of nitrogens with two attached hydrogens (primary N) is 1. The molecule has 0 saturated heterocycles. The minimum absolute atomic E-state index is 0.233. The van der Waals surface area contributed by atoms with Gasteiger partial charge in [-0.25, -0.2) is 0 Å². The molecule has 0 bridgehead atoms. The van der Waals surface area contributed by atoms with E-state index in [1.54, 1.807) is 6.26 Å². The van der Waals surface area contributed by atoms with Crippen LogP contribution in [0.2, 0.25) is 0 Å². The van der Waals surface area contributed by atoms with E-state index in [-0.39, 0.29) is 6.04 Å². The smallest absolute Gasteiger partial charge is 0.188 e. The van der Waals surface area contributed by atoms with Crippen LogP contribution in [0.25, 0.3) is 0 Å². The van der Waals surface area contributed by atoms with Crippen LogP contribution in [-0.4, -0.2) is 18.5 Å². The molecule has 0 aliphatic rings. The van der Waals surface area contributed by atoms with Crippen LogP contribution in [0.5, 0.6) is 0 Å². The molecule has 4 nitrogen and oxygen atoms in total. The molecule has 14 heavy (non-hydrogen) atoms. The van der Waals surface area contributed by atoms with Crippen molar-refractivity contribution in [1.29, 1.82) is 0 Å². The fourth-order valence-corrected chi connectivity index (χ4v) is 1.25. The summed E-state index contributed by atoms with van der Waals surface area (Å²) < 4.78 is 5.22. The number of hydrogen-bond donors (Lipinski definition) is 2. The molecular formula is C10H17N3O. The molecular weight excluding hydrogens is 178 g/mol. The van der Waals surface area contributed by atoms with Crippen molar-refractivity contribution in [2.75, 3.05) is 6.54 Å². The Morgan fingerprint density at radius 1 is 1.71 bits per heavy atom. The van der Waals surface area contributed by atoms with Gasteiger partial charge in [-0.15, -0.1) is 0 Å². The Morgan fingerprint density at radius 3 is 3.07 bits per heavy atom. The minimum Gasteiger partial charge on any atom is -0.469 e. The largest absolute Gasteiger partial charge is 0.469 e. The van der Waals surface area contributed by atoms with Crippen LogP contribution in [-0.2, 0) is 6.42 Å². The Bertz CT molecular complexity index is 280. The van der Waals surface area contributed by atoms with Crippen molar-refractivity contribution >= 4 is 5.96 Å². The molecule has 0 aromatic carbocycles. The lowest BCUT2D eigenvalue weighted by molar-refractivity contribution is 0.481. The number of nitrogens with zero attached hydrogens (tertiary/aromatic N) is 1. The monoisotopic (exact) mass is 195 g/mol. The molecule has 0 saturated carbocycles. The number of guanidine groups is 1. The van der Waals surface area contributed by atoms with Crippen LogP contribution in [0.3, 0.4) is 0 Å². The Hall–Kier alpha value is -1.45. The van der Waals surface area contributed by atoms with Crippen LogP contribution in [0, 0.1) is 0 Å². The van der Waals surface area contributed by atoms with Gasteiger partial charge in [0.1, 0.15) is 5.76 Å². The van der Waals surface area contributed by atoms with E-state index in [4.69, 9.17) is 10.2 Å². The second kappa shape index (κ2) is 5.32. The first kappa shape index (κ1) is 10.6. The van der Waals surface area contributed by atoms with Crippen LogP contribution < -0.4 is 11.1 Å². The first-order chi connectivity index (χ1) is 6.72. The van der Waals surface area contributed by atoms with Gasteiger partial charge in [0.05, 0.1) is 6.26 Å². The van der Waals surface area contributed by atoms with Gasteiger partial charge in [-0.1, -0.05) is 0 Å². The third-order valence-corrected chi connectivity index (χ3v) is 1.81. The summed E-state index contributed by atoms with van der Waals surface area (Å²) in [7, 11) is 0. The highest BCUT2D eigenvalue weighted by atomic mass is 16.3. The SMILES string of the molecule is CCN=C(N)NC(C)Cc1ccco1. The van der Waals surface area contributed by atoms with Gasteiger partial charge in [0.25, 0.3) is 0 Å². The van der Waals surface area contributed by atoms with Gasteiger partial charge in [0.2, 0.25) is 0 Å². The molecule has 78 valence electrons. The van der Waals surface area contributed by atoms with Crippen molar-refractivity contribution in [2.45, 2.75) is 26.3 Å². The minimum atomic E-state index is 0.233. The summed E-state index contributed by atoms with van der Waals surface area (Å²) in [6, 6.07) is 4.06. The average molecular weight is 195 g/mol. The first-order valence-electron chi connectivity index (χ1n) is 4.81. The molecule has 1 unspecified atom stereocenters. The van der Waals surface area contributed by atoms with Crippen LogP contribution in [0.1, 0.15) is 19.6 Å². The first-order valence-corrected chi connectivity index (χ1v) is 4.81. The molecule has 1 aromatic rings. The summed E-state index contributed by atoms with van der Waals surface area (Å²) >= 11 is 0. The summed E-state index contributed by atoms with van der Waals surface area (Å²) in [5, 5.41) is 3.09. The van der Waals surface area contributed by atoms with Gasteiger partial charge >= 0.3 is 0 Å². The normalized spacial score (nSPS) is 14.0. The highest BCUT2D eigenvalue weighted by molar-refractivity contribution is 5.78. The lowest BCUT2D eigenvalue weighted by atomic mass is 10.2. The zero-order valence-electron chi connectivity index (χ0n) is 8.66. The second-order valence-electron chi connectivity index (χ2n) is 3.19. The van der Waals surface area contributed by atoms with Gasteiger partial charge < -0.3 is 15.5 Å². The molecule has 0 aliphatic heterocycles. The fraction of sp³-hybridized carbons (Fsp3) is 0.500. The molecule has 1 aromatic heterocycles. The predicted octanol–water partition coefficient (Wildman–Crippen LogP) is 1.13. The zero-order chi connectivity index (χ0) is 10.4. The van der Waals surface area contributed by atoms with Gasteiger partial charge in [0.15, 0.2) is 5.96 Å². The zero-order valence-corrected chi connectivity index (χ0v) is 8.66. The van der Waals surface area contributed by atoms with Gasteiger partial charge in [-0.3, -0.25) is 4.99 Å². The maximum atomic E-state index is 5.62. The van der Waals surface area contributed by atoms with Crippen molar-refractivity contribution in [3.8, 4) is 0 Å². The van der Waals surface area contributed by atoms with Crippen molar-refractivity contribution in [3.63, 3.8) is 0 Å². The fourth-order valence-electron chi connectivity index (χ4n) is 1.25. The molecule has 0 spiro atoms. The highest BCUT2D eigenvalue weighted by Gasteiger charge is 2.05. The van der Waals surface area contributed by atoms with E-state index in [1.807, 2.05) is 26.0 Å². The third-order valence-electron chi connectivity index (χ3n) is 1.81. The molecule has 1 rings (SSSR count). The summed E-state index contributed by atoms with van der Waals surface area (Å²) in [5.41, 5.74) is 5.62. The van der Waals surface area contributed by atoms with Crippen molar-refractivity contribution in [1.82, 2.24) is 5.32 Å². The predicted molar refractivity (Wildman–Crippen MR) is 57.2 cm³/mol. The van der Waals surface area contributed by atoms with E-state index in [0.29, 0.717) is 12.5 Å². The number of hydrogen-bond acceptors (Lipinski definition) is 2. The number of rotatable bonds is 4. The summed E-state index contributed by atoms with van der Waals surface area (Å²) in [6.07, 6.45) is 2.48. The molecule has 3 N–H and O–H groups in total. The summed E-state index contributed by atoms with van der Waals surface area (Å²) in [6.45, 7) is 4.69. The van der Waals surface area contributed by atoms with E-state index >= 15 is 0 Å². The summed E-state index contributed by atoms with van der Waals surface area (Å²) in [4.78, 5) is 4.05. The quantitative estimate of drug-likeness (QED) is 0.559. The van der Waals surface area contributed by atoms with Crippen molar-refractivity contribution in [3.05, 3.63) is 24.2 Å². The Balaban J connectivity index is 2.36. The number of nitrogens with one attached hydrogen (secondary N) is 1.